The van der Waals surface area contributed by atoms with Crippen molar-refractivity contribution in [3.8, 4) is 22.4 Å². The molecule has 8 nitrogen and oxygen atoms in total. The zero-order valence-electron chi connectivity index (χ0n) is 17.1. The van der Waals surface area contributed by atoms with Crippen LogP contribution < -0.4 is 5.73 Å². The third kappa shape index (κ3) is 3.30. The van der Waals surface area contributed by atoms with Crippen molar-refractivity contribution in [2.24, 2.45) is 0 Å². The first-order valence-electron chi connectivity index (χ1n) is 10.2. The molecule has 0 saturated carbocycles. The number of hydrogen-bond donors (Lipinski definition) is 2. The van der Waals surface area contributed by atoms with Crippen LogP contribution in [0.5, 0.6) is 0 Å². The molecular formula is C23H22N6O2. The minimum absolute atomic E-state index is 0.309. The maximum atomic E-state index is 12.2. The molecule has 1 amide bonds. The highest BCUT2D eigenvalue weighted by Gasteiger charge is 2.27. The number of aliphatic hydroxyl groups is 1. The average Bonchev–Trinajstić information content (AvgIpc) is 3.23. The van der Waals surface area contributed by atoms with E-state index in [1.165, 1.54) is 6.92 Å². The largest absolute Gasteiger partial charge is 0.384 e. The number of amides is 1. The number of rotatable bonds is 3. The lowest BCUT2D eigenvalue weighted by Gasteiger charge is -2.30. The van der Waals surface area contributed by atoms with E-state index in [1.54, 1.807) is 15.6 Å². The Morgan fingerprint density at radius 2 is 1.94 bits per heavy atom. The van der Waals surface area contributed by atoms with Gasteiger partial charge < -0.3 is 15.7 Å². The van der Waals surface area contributed by atoms with Gasteiger partial charge in [0.05, 0.1) is 24.1 Å². The van der Waals surface area contributed by atoms with Gasteiger partial charge in [0.15, 0.2) is 5.65 Å². The molecule has 1 aliphatic rings. The van der Waals surface area contributed by atoms with Crippen LogP contribution in [-0.2, 0) is 17.8 Å². The number of fused-ring (bicyclic) bond motifs is 2. The van der Waals surface area contributed by atoms with Crippen LogP contribution >= 0.6 is 0 Å². The Hall–Kier alpha value is -3.78. The van der Waals surface area contributed by atoms with Gasteiger partial charge in [-0.25, -0.2) is 4.98 Å². The van der Waals surface area contributed by atoms with E-state index >= 15 is 0 Å². The van der Waals surface area contributed by atoms with Crippen LogP contribution in [0.25, 0.3) is 28.0 Å². The van der Waals surface area contributed by atoms with Gasteiger partial charge in [0.2, 0.25) is 0 Å². The molecule has 3 N–H and O–H groups in total. The van der Waals surface area contributed by atoms with Gasteiger partial charge >= 0.3 is 0 Å². The summed E-state index contributed by atoms with van der Waals surface area (Å²) in [5, 5.41) is 14.1. The van der Waals surface area contributed by atoms with Gasteiger partial charge in [-0.15, -0.1) is 0 Å². The molecule has 4 heterocycles. The molecule has 0 spiro atoms. The minimum Gasteiger partial charge on any atom is -0.384 e. The predicted octanol–water partition coefficient (Wildman–Crippen LogP) is 2.31. The second kappa shape index (κ2) is 7.48. The zero-order valence-corrected chi connectivity index (χ0v) is 17.1. The van der Waals surface area contributed by atoms with E-state index in [0.717, 1.165) is 33.6 Å². The van der Waals surface area contributed by atoms with Crippen molar-refractivity contribution < 1.29 is 9.90 Å². The normalized spacial score (nSPS) is 14.5. The maximum absolute atomic E-state index is 12.2. The highest BCUT2D eigenvalue weighted by molar-refractivity contribution is 5.81. The van der Waals surface area contributed by atoms with Crippen molar-refractivity contribution in [3.05, 3.63) is 66.1 Å². The topological polar surface area (TPSA) is 110 Å². The predicted molar refractivity (Wildman–Crippen MR) is 117 cm³/mol. The molecule has 3 aromatic heterocycles. The minimum atomic E-state index is -1.04. The van der Waals surface area contributed by atoms with Crippen LogP contribution in [0.1, 0.15) is 18.2 Å². The van der Waals surface area contributed by atoms with Crippen molar-refractivity contribution in [3.63, 3.8) is 0 Å². The number of carbonyl (C=O) groups excluding carboxylic acids is 1. The smallest absolute Gasteiger partial charge is 0.251 e. The molecule has 0 aliphatic carbocycles. The summed E-state index contributed by atoms with van der Waals surface area (Å²) in [5.41, 5.74) is 12.4. The van der Waals surface area contributed by atoms with Crippen LogP contribution in [-0.4, -0.2) is 48.1 Å². The van der Waals surface area contributed by atoms with Gasteiger partial charge in [-0.1, -0.05) is 36.4 Å². The summed E-state index contributed by atoms with van der Waals surface area (Å²) in [5.74, 6) is 0.152. The molecule has 0 bridgehead atoms. The average molecular weight is 414 g/mol. The lowest BCUT2D eigenvalue weighted by Crippen LogP contribution is -2.41. The number of aliphatic hydroxyl groups excluding tert-OH is 1. The zero-order chi connectivity index (χ0) is 21.5. The quantitative estimate of drug-likeness (QED) is 0.532. The van der Waals surface area contributed by atoms with Crippen LogP contribution in [0.2, 0.25) is 0 Å². The highest BCUT2D eigenvalue weighted by Crippen LogP contribution is 2.30. The number of nitrogens with two attached hydrogens (primary N) is 1. The van der Waals surface area contributed by atoms with E-state index < -0.39 is 6.10 Å². The molecule has 1 atom stereocenters. The summed E-state index contributed by atoms with van der Waals surface area (Å²) in [4.78, 5) is 23.2. The van der Waals surface area contributed by atoms with E-state index in [9.17, 15) is 9.90 Å². The van der Waals surface area contributed by atoms with Gasteiger partial charge in [0.1, 0.15) is 11.9 Å². The molecule has 0 unspecified atom stereocenters. The van der Waals surface area contributed by atoms with E-state index in [1.807, 2.05) is 48.7 Å². The fraction of sp³-hybridized carbons (Fsp3) is 0.217. The summed E-state index contributed by atoms with van der Waals surface area (Å²) in [6.07, 6.45) is 3.09. The monoisotopic (exact) mass is 414 g/mol. The number of pyridine rings is 1. The molecule has 31 heavy (non-hydrogen) atoms. The molecule has 156 valence electrons. The van der Waals surface area contributed by atoms with Gasteiger partial charge in [-0.3, -0.25) is 9.78 Å². The SMILES string of the molecule is C[C@@H](O)C(=O)N1CCc2nc3c(-c4ccc(-c5ccccc5)nc4)cnn3c(N)c2C1. The molecule has 1 aromatic carbocycles. The Morgan fingerprint density at radius 3 is 2.65 bits per heavy atom. The summed E-state index contributed by atoms with van der Waals surface area (Å²) < 4.78 is 1.61. The first-order chi connectivity index (χ1) is 15.0. The molecule has 0 saturated heterocycles. The van der Waals surface area contributed by atoms with Crippen molar-refractivity contribution in [2.45, 2.75) is 26.0 Å². The van der Waals surface area contributed by atoms with Crippen LogP contribution in [0.3, 0.4) is 0 Å². The number of benzene rings is 1. The standard InChI is InChI=1S/C23H22N6O2/c1-14(30)23(31)28-10-9-20-18(13-28)21(24)29-22(27-20)17(12-26-29)16-7-8-19(25-11-16)15-5-3-2-4-6-15/h2-8,11-12,14,30H,9-10,13,24H2,1H3/t14-/m1/s1. The fourth-order valence-electron chi connectivity index (χ4n) is 3.98. The number of nitrogens with zero attached hydrogens (tertiary/aromatic N) is 5. The molecule has 0 fully saturated rings. The van der Waals surface area contributed by atoms with Crippen molar-refractivity contribution in [2.75, 3.05) is 12.3 Å². The Balaban J connectivity index is 1.51. The number of aromatic nitrogens is 4. The Labute approximate surface area is 179 Å². The molecule has 0 radical (unpaired) electrons. The maximum Gasteiger partial charge on any atom is 0.251 e. The van der Waals surface area contributed by atoms with Gasteiger partial charge in [0, 0.05) is 41.4 Å². The van der Waals surface area contributed by atoms with Crippen LogP contribution in [0.4, 0.5) is 5.82 Å². The Morgan fingerprint density at radius 1 is 1.13 bits per heavy atom. The lowest BCUT2D eigenvalue weighted by atomic mass is 10.0. The Bertz CT molecular complexity index is 1260. The number of anilines is 1. The molecule has 4 aromatic rings. The van der Waals surface area contributed by atoms with E-state index in [-0.39, 0.29) is 5.91 Å². The second-order valence-corrected chi connectivity index (χ2v) is 7.70. The molecule has 5 rings (SSSR count). The molecular weight excluding hydrogens is 392 g/mol. The second-order valence-electron chi connectivity index (χ2n) is 7.70. The third-order valence-corrected chi connectivity index (χ3v) is 5.65. The van der Waals surface area contributed by atoms with Crippen molar-refractivity contribution in [1.29, 1.82) is 0 Å². The summed E-state index contributed by atoms with van der Waals surface area (Å²) in [6.45, 7) is 2.28. The van der Waals surface area contributed by atoms with E-state index in [0.29, 0.717) is 31.0 Å². The highest BCUT2D eigenvalue weighted by atomic mass is 16.3. The van der Waals surface area contributed by atoms with Crippen LogP contribution in [0, 0.1) is 0 Å². The summed E-state index contributed by atoms with van der Waals surface area (Å²) >= 11 is 0. The Kier molecular flexibility index (Phi) is 4.63. The van der Waals surface area contributed by atoms with Crippen molar-refractivity contribution in [1.82, 2.24) is 24.5 Å². The fourth-order valence-corrected chi connectivity index (χ4v) is 3.98. The first-order valence-corrected chi connectivity index (χ1v) is 10.2. The van der Waals surface area contributed by atoms with E-state index in [4.69, 9.17) is 10.7 Å². The number of nitrogen functional groups attached to an aromatic ring is 1. The van der Waals surface area contributed by atoms with Crippen LogP contribution in [0.15, 0.2) is 54.9 Å². The number of carbonyl (C=O) groups is 1. The van der Waals surface area contributed by atoms with Gasteiger partial charge in [0.25, 0.3) is 5.91 Å². The lowest BCUT2D eigenvalue weighted by molar-refractivity contribution is -0.140. The first kappa shape index (κ1) is 19.2. The van der Waals surface area contributed by atoms with Gasteiger partial charge in [-0.2, -0.15) is 9.61 Å². The number of hydrogen-bond acceptors (Lipinski definition) is 6. The molecule has 1 aliphatic heterocycles. The van der Waals surface area contributed by atoms with E-state index in [2.05, 4.69) is 10.1 Å². The third-order valence-electron chi connectivity index (χ3n) is 5.65. The van der Waals surface area contributed by atoms with Crippen molar-refractivity contribution >= 4 is 17.4 Å². The summed E-state index contributed by atoms with van der Waals surface area (Å²) in [6, 6.07) is 14.0. The summed E-state index contributed by atoms with van der Waals surface area (Å²) in [7, 11) is 0. The molecule has 8 heteroatoms. The van der Waals surface area contributed by atoms with Gasteiger partial charge in [-0.05, 0) is 13.0 Å².